The van der Waals surface area contributed by atoms with Crippen molar-refractivity contribution in [2.45, 2.75) is 25.3 Å². The molecular weight excluding hydrogens is 270 g/mol. The maximum atomic E-state index is 10.9. The highest BCUT2D eigenvalue weighted by Gasteiger charge is 2.19. The van der Waals surface area contributed by atoms with Gasteiger partial charge in [0.1, 0.15) is 22.8 Å². The van der Waals surface area contributed by atoms with E-state index in [1.165, 1.54) is 25.0 Å². The number of carboxylic acids is 1. The molecule has 1 aliphatic heterocycles. The van der Waals surface area contributed by atoms with E-state index in [2.05, 4.69) is 5.32 Å². The Morgan fingerprint density at radius 2 is 2.10 bits per heavy atom. The average molecular weight is 287 g/mol. The minimum Gasteiger partial charge on any atom is -0.507 e. The molecule has 0 aliphatic carbocycles. The van der Waals surface area contributed by atoms with Gasteiger partial charge in [0.05, 0.1) is 6.04 Å². The van der Waals surface area contributed by atoms with Crippen molar-refractivity contribution in [1.82, 2.24) is 5.32 Å². The van der Waals surface area contributed by atoms with E-state index in [0.29, 0.717) is 11.3 Å². The number of carboxylic acid groups (broad SMARTS) is 1. The molecule has 0 unspecified atom stereocenters. The molecular formula is C16H17NO4. The van der Waals surface area contributed by atoms with Crippen LogP contribution in [0.3, 0.4) is 0 Å². The van der Waals surface area contributed by atoms with Gasteiger partial charge in [-0.05, 0) is 43.7 Å². The molecule has 1 atom stereocenters. The summed E-state index contributed by atoms with van der Waals surface area (Å²) in [7, 11) is 0. The summed E-state index contributed by atoms with van der Waals surface area (Å²) in [5.74, 6) is 0.107. The summed E-state index contributed by atoms with van der Waals surface area (Å²) in [5, 5.41) is 22.1. The SMILES string of the molecule is O=C(O)c1ccc(-c2ccc([C@H]3CCCCN3)o2)cc1O. The Bertz CT molecular complexity index is 656. The molecule has 0 bridgehead atoms. The fraction of sp³-hybridized carbons (Fsp3) is 0.312. The number of rotatable bonds is 3. The molecule has 21 heavy (non-hydrogen) atoms. The quantitative estimate of drug-likeness (QED) is 0.807. The van der Waals surface area contributed by atoms with Gasteiger partial charge in [-0.15, -0.1) is 0 Å². The largest absolute Gasteiger partial charge is 0.507 e. The van der Waals surface area contributed by atoms with Crippen LogP contribution >= 0.6 is 0 Å². The molecule has 110 valence electrons. The zero-order chi connectivity index (χ0) is 14.8. The fourth-order valence-corrected chi connectivity index (χ4v) is 2.66. The number of nitrogens with one attached hydrogen (secondary N) is 1. The van der Waals surface area contributed by atoms with Crippen LogP contribution in [0.1, 0.15) is 41.4 Å². The third-order valence-corrected chi connectivity index (χ3v) is 3.79. The number of piperidine rings is 1. The summed E-state index contributed by atoms with van der Waals surface area (Å²) in [4.78, 5) is 10.9. The van der Waals surface area contributed by atoms with Crippen molar-refractivity contribution in [1.29, 1.82) is 0 Å². The molecule has 1 saturated heterocycles. The second-order valence-electron chi connectivity index (χ2n) is 5.24. The molecule has 5 heteroatoms. The second kappa shape index (κ2) is 5.61. The van der Waals surface area contributed by atoms with E-state index in [1.807, 2.05) is 12.1 Å². The van der Waals surface area contributed by atoms with E-state index >= 15 is 0 Å². The van der Waals surface area contributed by atoms with Crippen LogP contribution in [0.2, 0.25) is 0 Å². The first-order chi connectivity index (χ1) is 10.1. The number of hydrogen-bond donors (Lipinski definition) is 3. The highest BCUT2D eigenvalue weighted by molar-refractivity contribution is 5.91. The number of furan rings is 1. The first kappa shape index (κ1) is 13.7. The third kappa shape index (κ3) is 2.78. The summed E-state index contributed by atoms with van der Waals surface area (Å²) in [5.41, 5.74) is 0.555. The normalized spacial score (nSPS) is 18.6. The predicted octanol–water partition coefficient (Wildman–Crippen LogP) is 3.17. The van der Waals surface area contributed by atoms with Crippen LogP contribution in [0.5, 0.6) is 5.75 Å². The molecule has 1 fully saturated rings. The fourth-order valence-electron chi connectivity index (χ4n) is 2.66. The van der Waals surface area contributed by atoms with E-state index in [1.54, 1.807) is 6.07 Å². The first-order valence-corrected chi connectivity index (χ1v) is 7.05. The smallest absolute Gasteiger partial charge is 0.339 e. The van der Waals surface area contributed by atoms with Crippen LogP contribution in [0, 0.1) is 0 Å². The van der Waals surface area contributed by atoms with Crippen molar-refractivity contribution in [3.8, 4) is 17.1 Å². The Morgan fingerprint density at radius 3 is 2.76 bits per heavy atom. The molecule has 3 rings (SSSR count). The van der Waals surface area contributed by atoms with Gasteiger partial charge in [0.2, 0.25) is 0 Å². The molecule has 1 aliphatic rings. The molecule has 0 radical (unpaired) electrons. The lowest BCUT2D eigenvalue weighted by Gasteiger charge is -2.21. The molecule has 0 spiro atoms. The minimum absolute atomic E-state index is 0.112. The molecule has 2 heterocycles. The monoisotopic (exact) mass is 287 g/mol. The molecule has 2 aromatic rings. The van der Waals surface area contributed by atoms with E-state index < -0.39 is 5.97 Å². The number of aromatic carboxylic acids is 1. The highest BCUT2D eigenvalue weighted by atomic mass is 16.4. The number of aromatic hydroxyl groups is 1. The Morgan fingerprint density at radius 1 is 1.24 bits per heavy atom. The van der Waals surface area contributed by atoms with Crippen molar-refractivity contribution in [2.75, 3.05) is 6.54 Å². The third-order valence-electron chi connectivity index (χ3n) is 3.79. The zero-order valence-corrected chi connectivity index (χ0v) is 11.5. The first-order valence-electron chi connectivity index (χ1n) is 7.05. The minimum atomic E-state index is -1.15. The zero-order valence-electron chi connectivity index (χ0n) is 11.5. The number of benzene rings is 1. The average Bonchev–Trinajstić information content (AvgIpc) is 2.97. The molecule has 5 nitrogen and oxygen atoms in total. The van der Waals surface area contributed by atoms with Crippen LogP contribution in [-0.2, 0) is 0 Å². The number of carbonyl (C=O) groups is 1. The van der Waals surface area contributed by atoms with E-state index in [0.717, 1.165) is 18.7 Å². The van der Waals surface area contributed by atoms with Gasteiger partial charge in [-0.2, -0.15) is 0 Å². The Hall–Kier alpha value is -2.27. The molecule has 0 saturated carbocycles. The van der Waals surface area contributed by atoms with Crippen molar-refractivity contribution >= 4 is 5.97 Å². The summed E-state index contributed by atoms with van der Waals surface area (Å²) in [6, 6.07) is 8.45. The van der Waals surface area contributed by atoms with Gasteiger partial charge in [0.15, 0.2) is 0 Å². The lowest BCUT2D eigenvalue weighted by molar-refractivity contribution is 0.0694. The molecule has 0 amide bonds. The molecule has 1 aromatic carbocycles. The second-order valence-corrected chi connectivity index (χ2v) is 5.24. The van der Waals surface area contributed by atoms with Gasteiger partial charge in [0, 0.05) is 5.56 Å². The van der Waals surface area contributed by atoms with Crippen LogP contribution in [0.4, 0.5) is 0 Å². The standard InChI is InChI=1S/C16H17NO4/c18-13-9-10(4-5-11(13)16(19)20)14-6-7-15(21-14)12-3-1-2-8-17-12/h4-7,9,12,17-18H,1-3,8H2,(H,19,20)/t12-/m1/s1. The Labute approximate surface area is 122 Å². The Balaban J connectivity index is 1.85. The molecule has 3 N–H and O–H groups in total. The van der Waals surface area contributed by atoms with Gasteiger partial charge in [-0.25, -0.2) is 4.79 Å². The van der Waals surface area contributed by atoms with Crippen LogP contribution in [0.15, 0.2) is 34.7 Å². The van der Waals surface area contributed by atoms with Crippen LogP contribution in [0.25, 0.3) is 11.3 Å². The Kier molecular flexibility index (Phi) is 3.66. The predicted molar refractivity (Wildman–Crippen MR) is 77.4 cm³/mol. The summed E-state index contributed by atoms with van der Waals surface area (Å²) in [6.45, 7) is 0.995. The van der Waals surface area contributed by atoms with Crippen molar-refractivity contribution in [2.24, 2.45) is 0 Å². The summed E-state index contributed by atoms with van der Waals surface area (Å²) < 4.78 is 5.84. The lowest BCUT2D eigenvalue weighted by atomic mass is 10.0. The van der Waals surface area contributed by atoms with Gasteiger partial charge < -0.3 is 19.9 Å². The van der Waals surface area contributed by atoms with E-state index in [9.17, 15) is 9.90 Å². The topological polar surface area (TPSA) is 82.7 Å². The maximum absolute atomic E-state index is 10.9. The lowest BCUT2D eigenvalue weighted by Crippen LogP contribution is -2.26. The maximum Gasteiger partial charge on any atom is 0.339 e. The van der Waals surface area contributed by atoms with E-state index in [-0.39, 0.29) is 17.4 Å². The number of phenols is 1. The van der Waals surface area contributed by atoms with Gasteiger partial charge >= 0.3 is 5.97 Å². The summed E-state index contributed by atoms with van der Waals surface area (Å²) >= 11 is 0. The van der Waals surface area contributed by atoms with Crippen LogP contribution < -0.4 is 5.32 Å². The van der Waals surface area contributed by atoms with Crippen molar-refractivity contribution in [3.63, 3.8) is 0 Å². The van der Waals surface area contributed by atoms with Crippen LogP contribution in [-0.4, -0.2) is 22.7 Å². The van der Waals surface area contributed by atoms with Gasteiger partial charge in [-0.1, -0.05) is 12.5 Å². The number of hydrogen-bond acceptors (Lipinski definition) is 4. The van der Waals surface area contributed by atoms with E-state index in [4.69, 9.17) is 9.52 Å². The molecule has 1 aromatic heterocycles. The van der Waals surface area contributed by atoms with Gasteiger partial charge in [-0.3, -0.25) is 0 Å². The van der Waals surface area contributed by atoms with Crippen molar-refractivity contribution < 1.29 is 19.4 Å². The summed E-state index contributed by atoms with van der Waals surface area (Å²) in [6.07, 6.45) is 3.42. The van der Waals surface area contributed by atoms with Crippen molar-refractivity contribution in [3.05, 3.63) is 41.7 Å². The highest BCUT2D eigenvalue weighted by Crippen LogP contribution is 2.31. The van der Waals surface area contributed by atoms with Gasteiger partial charge in [0.25, 0.3) is 0 Å².